The lowest BCUT2D eigenvalue weighted by molar-refractivity contribution is -0.137. The molecule has 0 radical (unpaired) electrons. The van der Waals surface area contributed by atoms with Crippen LogP contribution in [-0.2, 0) is 6.18 Å². The number of pyridine rings is 1. The molecule has 0 fully saturated rings. The molecule has 0 amide bonds. The number of aromatic nitrogens is 1. The normalized spacial score (nSPS) is 11.8. The molecule has 0 atom stereocenters. The Hall–Kier alpha value is -1.33. The number of rotatable bonds is 1. The van der Waals surface area contributed by atoms with E-state index >= 15 is 0 Å². The number of hydrogen-bond acceptors (Lipinski definition) is 2. The van der Waals surface area contributed by atoms with E-state index in [4.69, 9.17) is 23.2 Å². The summed E-state index contributed by atoms with van der Waals surface area (Å²) >= 11 is 11.1. The molecule has 7 heteroatoms. The number of hydrogen-bond donors (Lipinski definition) is 0. The van der Waals surface area contributed by atoms with Gasteiger partial charge in [0.05, 0.1) is 21.7 Å². The molecule has 0 bridgehead atoms. The van der Waals surface area contributed by atoms with Crippen molar-refractivity contribution in [1.29, 1.82) is 0 Å². The summed E-state index contributed by atoms with van der Waals surface area (Å²) in [6, 6.07) is 2.90. The van der Waals surface area contributed by atoms with Crippen LogP contribution in [0.2, 0.25) is 5.02 Å². The van der Waals surface area contributed by atoms with Crippen molar-refractivity contribution >= 4 is 39.3 Å². The standard InChI is InChI=1S/C11H4Cl2F3NO/c12-9-6-2-1-5(11(14,15)16)3-8(6)17-4-7(9)10(13)18/h1-4H. The van der Waals surface area contributed by atoms with Crippen molar-refractivity contribution in [3.8, 4) is 0 Å². The van der Waals surface area contributed by atoms with Gasteiger partial charge in [-0.2, -0.15) is 13.2 Å². The zero-order valence-corrected chi connectivity index (χ0v) is 10.1. The third kappa shape index (κ3) is 2.28. The first-order valence-electron chi connectivity index (χ1n) is 4.66. The molecule has 0 aliphatic heterocycles. The van der Waals surface area contributed by atoms with Crippen molar-refractivity contribution in [3.05, 3.63) is 40.5 Å². The number of halogens is 5. The van der Waals surface area contributed by atoms with E-state index in [9.17, 15) is 18.0 Å². The molecule has 18 heavy (non-hydrogen) atoms. The van der Waals surface area contributed by atoms with Crippen molar-refractivity contribution in [2.24, 2.45) is 0 Å². The van der Waals surface area contributed by atoms with Crippen molar-refractivity contribution in [2.75, 3.05) is 0 Å². The molecule has 0 saturated heterocycles. The van der Waals surface area contributed by atoms with E-state index in [1.807, 2.05) is 0 Å². The van der Waals surface area contributed by atoms with Gasteiger partial charge in [-0.3, -0.25) is 9.78 Å². The Bertz CT molecular complexity index is 640. The van der Waals surface area contributed by atoms with Crippen molar-refractivity contribution in [1.82, 2.24) is 4.98 Å². The Balaban J connectivity index is 2.69. The van der Waals surface area contributed by atoms with Crippen LogP contribution in [0.15, 0.2) is 24.4 Å². The SMILES string of the molecule is O=C(Cl)c1cnc2cc(C(F)(F)F)ccc2c1Cl. The summed E-state index contributed by atoms with van der Waals surface area (Å²) in [4.78, 5) is 14.7. The minimum absolute atomic E-state index is 0.00581. The van der Waals surface area contributed by atoms with Gasteiger partial charge >= 0.3 is 6.18 Å². The van der Waals surface area contributed by atoms with Crippen LogP contribution in [0.4, 0.5) is 13.2 Å². The highest BCUT2D eigenvalue weighted by Crippen LogP contribution is 2.33. The average Bonchev–Trinajstić information content (AvgIpc) is 2.27. The lowest BCUT2D eigenvalue weighted by atomic mass is 10.1. The number of fused-ring (bicyclic) bond motifs is 1. The topological polar surface area (TPSA) is 30.0 Å². The first-order chi connectivity index (χ1) is 8.30. The second kappa shape index (κ2) is 4.40. The predicted molar refractivity (Wildman–Crippen MR) is 61.9 cm³/mol. The van der Waals surface area contributed by atoms with E-state index in [1.165, 1.54) is 0 Å². The summed E-state index contributed by atoms with van der Waals surface area (Å²) in [7, 11) is 0. The monoisotopic (exact) mass is 293 g/mol. The summed E-state index contributed by atoms with van der Waals surface area (Å²) in [6.45, 7) is 0. The highest BCUT2D eigenvalue weighted by molar-refractivity contribution is 6.69. The smallest absolute Gasteiger partial charge is 0.275 e. The van der Waals surface area contributed by atoms with Crippen LogP contribution in [-0.4, -0.2) is 10.2 Å². The molecule has 1 aromatic carbocycles. The minimum Gasteiger partial charge on any atom is -0.275 e. The van der Waals surface area contributed by atoms with Crippen LogP contribution in [0.1, 0.15) is 15.9 Å². The fourth-order valence-electron chi connectivity index (χ4n) is 1.47. The third-order valence-corrected chi connectivity index (χ3v) is 2.95. The zero-order valence-electron chi connectivity index (χ0n) is 8.55. The van der Waals surface area contributed by atoms with Crippen LogP contribution >= 0.6 is 23.2 Å². The Morgan fingerprint density at radius 1 is 1.28 bits per heavy atom. The molecule has 0 spiro atoms. The van der Waals surface area contributed by atoms with E-state index in [1.54, 1.807) is 0 Å². The van der Waals surface area contributed by atoms with E-state index in [0.717, 1.165) is 24.4 Å². The quantitative estimate of drug-likeness (QED) is 0.734. The number of carbonyl (C=O) groups is 1. The molecule has 2 nitrogen and oxygen atoms in total. The zero-order chi connectivity index (χ0) is 13.5. The van der Waals surface area contributed by atoms with Gasteiger partial charge in [0.15, 0.2) is 0 Å². The first-order valence-corrected chi connectivity index (χ1v) is 5.41. The molecule has 0 N–H and O–H groups in total. The van der Waals surface area contributed by atoms with E-state index in [-0.39, 0.29) is 21.5 Å². The largest absolute Gasteiger partial charge is 0.416 e. The molecule has 94 valence electrons. The number of nitrogens with zero attached hydrogens (tertiary/aromatic N) is 1. The van der Waals surface area contributed by atoms with Crippen LogP contribution in [0.3, 0.4) is 0 Å². The van der Waals surface area contributed by atoms with Gasteiger partial charge < -0.3 is 0 Å². The first kappa shape index (κ1) is 13.1. The molecule has 0 aliphatic carbocycles. The molecule has 0 saturated carbocycles. The van der Waals surface area contributed by atoms with Gasteiger partial charge in [-0.15, -0.1) is 0 Å². The van der Waals surface area contributed by atoms with Crippen molar-refractivity contribution in [3.63, 3.8) is 0 Å². The maximum atomic E-state index is 12.5. The fraction of sp³-hybridized carbons (Fsp3) is 0.0909. The maximum absolute atomic E-state index is 12.5. The van der Waals surface area contributed by atoms with Gasteiger partial charge in [0.2, 0.25) is 0 Å². The summed E-state index contributed by atoms with van der Waals surface area (Å²) in [5.41, 5.74) is -0.814. The second-order valence-electron chi connectivity index (χ2n) is 3.49. The summed E-state index contributed by atoms with van der Waals surface area (Å²) in [6.07, 6.45) is -3.40. The van der Waals surface area contributed by atoms with Gasteiger partial charge in [0, 0.05) is 11.6 Å². The van der Waals surface area contributed by atoms with Crippen LogP contribution in [0, 0.1) is 0 Å². The van der Waals surface area contributed by atoms with Gasteiger partial charge in [0.1, 0.15) is 0 Å². The second-order valence-corrected chi connectivity index (χ2v) is 4.21. The molecule has 2 rings (SSSR count). The van der Waals surface area contributed by atoms with Gasteiger partial charge in [-0.25, -0.2) is 0 Å². The van der Waals surface area contributed by atoms with E-state index in [0.29, 0.717) is 0 Å². The Kier molecular flexibility index (Phi) is 3.21. The van der Waals surface area contributed by atoms with Crippen LogP contribution < -0.4 is 0 Å². The number of alkyl halides is 3. The number of benzene rings is 1. The fourth-order valence-corrected chi connectivity index (χ4v) is 1.96. The van der Waals surface area contributed by atoms with Gasteiger partial charge in [-0.1, -0.05) is 17.7 Å². The molecular formula is C11H4Cl2F3NO. The predicted octanol–water partition coefficient (Wildman–Crippen LogP) is 4.29. The lowest BCUT2D eigenvalue weighted by Crippen LogP contribution is -2.05. The van der Waals surface area contributed by atoms with Gasteiger partial charge in [0.25, 0.3) is 5.24 Å². The van der Waals surface area contributed by atoms with E-state index in [2.05, 4.69) is 4.98 Å². The van der Waals surface area contributed by atoms with E-state index < -0.39 is 17.0 Å². The Morgan fingerprint density at radius 2 is 1.94 bits per heavy atom. The lowest BCUT2D eigenvalue weighted by Gasteiger charge is -2.08. The molecule has 0 unspecified atom stereocenters. The summed E-state index contributed by atoms with van der Waals surface area (Å²) in [5, 5.41) is -0.570. The Labute approximate surface area is 109 Å². The molecule has 1 heterocycles. The molecular weight excluding hydrogens is 290 g/mol. The third-order valence-electron chi connectivity index (χ3n) is 2.34. The molecule has 2 aromatic rings. The van der Waals surface area contributed by atoms with Crippen molar-refractivity contribution < 1.29 is 18.0 Å². The molecule has 0 aliphatic rings. The highest BCUT2D eigenvalue weighted by atomic mass is 35.5. The maximum Gasteiger partial charge on any atom is 0.416 e. The van der Waals surface area contributed by atoms with Crippen LogP contribution in [0.5, 0.6) is 0 Å². The summed E-state index contributed by atoms with van der Waals surface area (Å²) in [5.74, 6) is 0. The summed E-state index contributed by atoms with van der Waals surface area (Å²) < 4.78 is 37.5. The number of carbonyl (C=O) groups excluding carboxylic acids is 1. The van der Waals surface area contributed by atoms with Crippen molar-refractivity contribution in [2.45, 2.75) is 6.18 Å². The highest BCUT2D eigenvalue weighted by Gasteiger charge is 2.30. The average molecular weight is 294 g/mol. The Morgan fingerprint density at radius 3 is 2.50 bits per heavy atom. The minimum atomic E-state index is -4.46. The molecule has 1 aromatic heterocycles. The van der Waals surface area contributed by atoms with Crippen LogP contribution in [0.25, 0.3) is 10.9 Å². The van der Waals surface area contributed by atoms with Gasteiger partial charge in [-0.05, 0) is 23.7 Å².